The topological polar surface area (TPSA) is 63.6 Å². The third-order valence-electron chi connectivity index (χ3n) is 1.40. The predicted molar refractivity (Wildman–Crippen MR) is 31.3 cm³/mol. The van der Waals surface area contributed by atoms with Gasteiger partial charge in [0.1, 0.15) is 0 Å². The Labute approximate surface area is 57.8 Å². The number of hydrogen-bond donors (Lipinski definition) is 1. The minimum Gasteiger partial charge on any atom is -0.481 e. The van der Waals surface area contributed by atoms with Gasteiger partial charge in [0, 0.05) is 5.92 Å². The molecule has 1 N–H and O–H groups in total. The molecule has 4 nitrogen and oxygen atoms in total. The van der Waals surface area contributed by atoms with E-state index in [1.54, 1.807) is 0 Å². The molecule has 1 rings (SSSR count). The molecule has 1 atom stereocenters. The van der Waals surface area contributed by atoms with Crippen molar-refractivity contribution in [2.75, 3.05) is 6.61 Å². The highest BCUT2D eigenvalue weighted by Crippen LogP contribution is 2.16. The molecule has 1 aliphatic heterocycles. The zero-order valence-corrected chi connectivity index (χ0v) is 5.37. The first-order valence-corrected chi connectivity index (χ1v) is 3.06. The molecular weight excluding hydrogens is 136 g/mol. The lowest BCUT2D eigenvalue weighted by Crippen LogP contribution is -2.06. The van der Waals surface area contributed by atoms with Crippen molar-refractivity contribution in [3.63, 3.8) is 0 Å². The third-order valence-corrected chi connectivity index (χ3v) is 1.40. The summed E-state index contributed by atoms with van der Waals surface area (Å²) in [7, 11) is 0. The first-order chi connectivity index (χ1) is 4.68. The van der Waals surface area contributed by atoms with Crippen LogP contribution in [0.3, 0.4) is 0 Å². The molecule has 10 heavy (non-hydrogen) atoms. The quantitative estimate of drug-likeness (QED) is 0.555. The molecule has 1 aliphatic rings. The molecule has 0 aromatic rings. The first kappa shape index (κ1) is 7.05. The maximum atomic E-state index is 10.4. The van der Waals surface area contributed by atoms with Crippen molar-refractivity contribution >= 4 is 11.9 Å². The SMILES string of the molecule is O=C(O)C[C@H]1COC(=O)C1. The first-order valence-electron chi connectivity index (χ1n) is 3.06. The predicted octanol–water partition coefficient (Wildman–Crippen LogP) is 0.0242. The van der Waals surface area contributed by atoms with Crippen LogP contribution in [-0.2, 0) is 14.3 Å². The zero-order valence-electron chi connectivity index (χ0n) is 5.37. The number of carbonyl (C=O) groups is 2. The number of carboxylic acid groups (broad SMARTS) is 1. The van der Waals surface area contributed by atoms with Gasteiger partial charge < -0.3 is 9.84 Å². The van der Waals surface area contributed by atoms with E-state index in [2.05, 4.69) is 4.74 Å². The number of rotatable bonds is 2. The Hall–Kier alpha value is -1.06. The van der Waals surface area contributed by atoms with Crippen LogP contribution < -0.4 is 0 Å². The minimum absolute atomic E-state index is 0.0335. The van der Waals surface area contributed by atoms with Gasteiger partial charge in [0.05, 0.1) is 19.4 Å². The van der Waals surface area contributed by atoms with E-state index in [0.29, 0.717) is 0 Å². The molecule has 0 aliphatic carbocycles. The van der Waals surface area contributed by atoms with E-state index in [9.17, 15) is 9.59 Å². The summed E-state index contributed by atoms with van der Waals surface area (Å²) >= 11 is 0. The summed E-state index contributed by atoms with van der Waals surface area (Å²) in [6.45, 7) is 0.269. The highest BCUT2D eigenvalue weighted by atomic mass is 16.5. The lowest BCUT2D eigenvalue weighted by atomic mass is 10.1. The average molecular weight is 144 g/mol. The molecule has 1 saturated heterocycles. The second-order valence-corrected chi connectivity index (χ2v) is 2.35. The van der Waals surface area contributed by atoms with Gasteiger partial charge in [-0.3, -0.25) is 9.59 Å². The normalized spacial score (nSPS) is 24.4. The number of hydrogen-bond acceptors (Lipinski definition) is 3. The molecule has 4 heteroatoms. The summed E-state index contributed by atoms with van der Waals surface area (Å²) < 4.78 is 4.56. The van der Waals surface area contributed by atoms with Gasteiger partial charge >= 0.3 is 11.9 Å². The van der Waals surface area contributed by atoms with Gasteiger partial charge in [-0.15, -0.1) is 0 Å². The molecule has 1 heterocycles. The maximum absolute atomic E-state index is 10.4. The van der Waals surface area contributed by atoms with E-state index in [-0.39, 0.29) is 31.3 Å². The number of ether oxygens (including phenoxy) is 1. The fourth-order valence-corrected chi connectivity index (χ4v) is 0.942. The van der Waals surface area contributed by atoms with Gasteiger partial charge in [0.2, 0.25) is 0 Å². The summed E-state index contributed by atoms with van der Waals surface area (Å²) in [5, 5.41) is 8.29. The van der Waals surface area contributed by atoms with Gasteiger partial charge in [-0.25, -0.2) is 0 Å². The van der Waals surface area contributed by atoms with E-state index in [4.69, 9.17) is 5.11 Å². The van der Waals surface area contributed by atoms with Gasteiger partial charge in [-0.1, -0.05) is 0 Å². The van der Waals surface area contributed by atoms with Crippen molar-refractivity contribution in [2.45, 2.75) is 12.8 Å². The number of carboxylic acids is 1. The van der Waals surface area contributed by atoms with E-state index in [1.165, 1.54) is 0 Å². The second-order valence-electron chi connectivity index (χ2n) is 2.35. The van der Waals surface area contributed by atoms with Crippen LogP contribution in [0.1, 0.15) is 12.8 Å². The van der Waals surface area contributed by atoms with Crippen LogP contribution in [-0.4, -0.2) is 23.7 Å². The van der Waals surface area contributed by atoms with E-state index in [1.807, 2.05) is 0 Å². The Balaban J connectivity index is 2.31. The van der Waals surface area contributed by atoms with Crippen molar-refractivity contribution in [1.82, 2.24) is 0 Å². The lowest BCUT2D eigenvalue weighted by Gasteiger charge is -1.98. The Morgan fingerprint density at radius 2 is 2.50 bits per heavy atom. The van der Waals surface area contributed by atoms with E-state index >= 15 is 0 Å². The maximum Gasteiger partial charge on any atom is 0.306 e. The lowest BCUT2D eigenvalue weighted by molar-refractivity contribution is -0.139. The highest BCUT2D eigenvalue weighted by molar-refractivity contribution is 5.74. The summed E-state index contributed by atoms with van der Waals surface area (Å²) in [6.07, 6.45) is 0.290. The van der Waals surface area contributed by atoms with E-state index < -0.39 is 5.97 Å². The van der Waals surface area contributed by atoms with Gasteiger partial charge in [0.15, 0.2) is 0 Å². The molecule has 1 fully saturated rings. The molecule has 0 unspecified atom stereocenters. The second kappa shape index (κ2) is 2.68. The van der Waals surface area contributed by atoms with Crippen molar-refractivity contribution in [1.29, 1.82) is 0 Å². The Morgan fingerprint density at radius 3 is 2.90 bits per heavy atom. The number of aliphatic carboxylic acids is 1. The number of carbonyl (C=O) groups excluding carboxylic acids is 1. The fraction of sp³-hybridized carbons (Fsp3) is 0.667. The third kappa shape index (κ3) is 1.72. The van der Waals surface area contributed by atoms with Crippen LogP contribution in [0.4, 0.5) is 0 Å². The van der Waals surface area contributed by atoms with Crippen LogP contribution in [0.5, 0.6) is 0 Å². The van der Waals surface area contributed by atoms with Crippen LogP contribution in [0.2, 0.25) is 0 Å². The molecule has 56 valence electrons. The average Bonchev–Trinajstić information content (AvgIpc) is 2.13. The molecule has 0 spiro atoms. The Kier molecular flexibility index (Phi) is 1.89. The molecule has 0 amide bonds. The largest absolute Gasteiger partial charge is 0.481 e. The molecular formula is C6H8O4. The summed E-state index contributed by atoms with van der Waals surface area (Å²) in [5.74, 6) is -1.26. The van der Waals surface area contributed by atoms with Crippen LogP contribution in [0.25, 0.3) is 0 Å². The molecule has 0 aromatic heterocycles. The highest BCUT2D eigenvalue weighted by Gasteiger charge is 2.25. The summed E-state index contributed by atoms with van der Waals surface area (Å²) in [6, 6.07) is 0. The fourth-order valence-electron chi connectivity index (χ4n) is 0.942. The van der Waals surface area contributed by atoms with E-state index in [0.717, 1.165) is 0 Å². The number of esters is 1. The Morgan fingerprint density at radius 1 is 1.80 bits per heavy atom. The standard InChI is InChI=1S/C6H8O4/c7-5(8)1-4-2-6(9)10-3-4/h4H,1-3H2,(H,7,8)/t4-/m1/s1. The molecule has 0 aromatic carbocycles. The van der Waals surface area contributed by atoms with Crippen molar-refractivity contribution < 1.29 is 19.4 Å². The van der Waals surface area contributed by atoms with Gasteiger partial charge in [0.25, 0.3) is 0 Å². The summed E-state index contributed by atoms with van der Waals surface area (Å²) in [4.78, 5) is 20.5. The van der Waals surface area contributed by atoms with Crippen molar-refractivity contribution in [3.8, 4) is 0 Å². The smallest absolute Gasteiger partial charge is 0.306 e. The zero-order chi connectivity index (χ0) is 7.56. The summed E-state index contributed by atoms with van der Waals surface area (Å²) in [5.41, 5.74) is 0. The number of cyclic esters (lactones) is 1. The van der Waals surface area contributed by atoms with Crippen molar-refractivity contribution in [2.24, 2.45) is 5.92 Å². The monoisotopic (exact) mass is 144 g/mol. The Bertz CT molecular complexity index is 163. The molecule has 0 bridgehead atoms. The molecule has 0 radical (unpaired) electrons. The van der Waals surface area contributed by atoms with Crippen LogP contribution >= 0.6 is 0 Å². The minimum atomic E-state index is -0.872. The van der Waals surface area contributed by atoms with Crippen molar-refractivity contribution in [3.05, 3.63) is 0 Å². The van der Waals surface area contributed by atoms with Crippen LogP contribution in [0, 0.1) is 5.92 Å². The van der Waals surface area contributed by atoms with Crippen LogP contribution in [0.15, 0.2) is 0 Å². The van der Waals surface area contributed by atoms with Gasteiger partial charge in [-0.2, -0.15) is 0 Å². The van der Waals surface area contributed by atoms with Gasteiger partial charge in [-0.05, 0) is 0 Å². The molecule has 0 saturated carbocycles.